The molecule has 5 rings (SSSR count). The van der Waals surface area contributed by atoms with Gasteiger partial charge in [-0.2, -0.15) is 0 Å². The summed E-state index contributed by atoms with van der Waals surface area (Å²) in [7, 11) is -3.92. The Morgan fingerprint density at radius 3 is 2.53 bits per heavy atom. The number of carbonyl (C=O) groups is 1. The monoisotopic (exact) mass is 554 g/mol. The van der Waals surface area contributed by atoms with Crippen molar-refractivity contribution >= 4 is 60.3 Å². The molecule has 5 N–H and O–H groups in total. The molecule has 1 saturated heterocycles. The average molecular weight is 555 g/mol. The van der Waals surface area contributed by atoms with Crippen LogP contribution in [0.2, 0.25) is 0 Å². The number of rotatable bonds is 7. The SMILES string of the molecule is Nc1ncc(-c2nc(N3CCOCC3)c3sc(NS(=O)(=O)c4ccc(/C=C/C(=O)NO)cc4)cc3n2)cn1. The number of carbonyl (C=O) groups excluding carboxylic acids is 1. The van der Waals surface area contributed by atoms with Gasteiger partial charge in [0.05, 0.1) is 33.9 Å². The van der Waals surface area contributed by atoms with E-state index in [0.29, 0.717) is 59.6 Å². The molecule has 196 valence electrons. The van der Waals surface area contributed by atoms with Crippen LogP contribution in [-0.2, 0) is 19.6 Å². The van der Waals surface area contributed by atoms with Crippen LogP contribution in [0, 0.1) is 0 Å². The summed E-state index contributed by atoms with van der Waals surface area (Å²) < 4.78 is 35.0. The number of ether oxygens (including phenoxy) is 1. The van der Waals surface area contributed by atoms with E-state index in [9.17, 15) is 13.2 Å². The normalized spacial score (nSPS) is 14.2. The lowest BCUT2D eigenvalue weighted by molar-refractivity contribution is -0.124. The molecule has 0 aliphatic carbocycles. The number of nitrogens with two attached hydrogens (primary N) is 1. The Hall–Kier alpha value is -4.18. The Morgan fingerprint density at radius 1 is 1.13 bits per heavy atom. The molecule has 1 fully saturated rings. The predicted octanol–water partition coefficient (Wildman–Crippen LogP) is 1.89. The number of fused-ring (bicyclic) bond motifs is 1. The highest BCUT2D eigenvalue weighted by Gasteiger charge is 2.22. The number of morpholine rings is 1. The molecular formula is C23H22N8O5S2. The Morgan fingerprint density at radius 2 is 1.84 bits per heavy atom. The molecule has 13 nitrogen and oxygen atoms in total. The lowest BCUT2D eigenvalue weighted by Crippen LogP contribution is -2.36. The van der Waals surface area contributed by atoms with E-state index in [0.717, 1.165) is 10.8 Å². The molecule has 1 aliphatic rings. The van der Waals surface area contributed by atoms with E-state index in [1.807, 2.05) is 0 Å². The van der Waals surface area contributed by atoms with Gasteiger partial charge in [-0.05, 0) is 29.8 Å². The van der Waals surface area contributed by atoms with Gasteiger partial charge in [0.15, 0.2) is 11.6 Å². The van der Waals surface area contributed by atoms with Crippen molar-refractivity contribution in [3.63, 3.8) is 0 Å². The number of nitrogens with zero attached hydrogens (tertiary/aromatic N) is 5. The zero-order chi connectivity index (χ0) is 26.7. The van der Waals surface area contributed by atoms with Crippen molar-refractivity contribution < 1.29 is 23.2 Å². The number of hydrogen-bond donors (Lipinski definition) is 4. The van der Waals surface area contributed by atoms with Crippen molar-refractivity contribution in [3.8, 4) is 11.4 Å². The van der Waals surface area contributed by atoms with Crippen LogP contribution in [0.15, 0.2) is 53.7 Å². The van der Waals surface area contributed by atoms with E-state index >= 15 is 0 Å². The lowest BCUT2D eigenvalue weighted by atomic mass is 10.2. The summed E-state index contributed by atoms with van der Waals surface area (Å²) in [6.45, 7) is 2.35. The minimum atomic E-state index is -3.92. The van der Waals surface area contributed by atoms with Gasteiger partial charge in [-0.3, -0.25) is 14.7 Å². The second-order valence-corrected chi connectivity index (χ2v) is 10.8. The van der Waals surface area contributed by atoms with Gasteiger partial charge in [-0.25, -0.2) is 33.8 Å². The van der Waals surface area contributed by atoms with Crippen molar-refractivity contribution in [2.24, 2.45) is 0 Å². The second-order valence-electron chi connectivity index (χ2n) is 8.11. The first-order chi connectivity index (χ1) is 18.3. The highest BCUT2D eigenvalue weighted by molar-refractivity contribution is 7.93. The molecule has 0 saturated carbocycles. The topological polar surface area (TPSA) is 186 Å². The Bertz CT molecular complexity index is 1600. The fraction of sp³-hybridized carbons (Fsp3) is 0.174. The molecule has 0 atom stereocenters. The molecule has 4 heterocycles. The van der Waals surface area contributed by atoms with Crippen molar-refractivity contribution in [3.05, 3.63) is 54.4 Å². The van der Waals surface area contributed by atoms with Gasteiger partial charge in [0.25, 0.3) is 15.9 Å². The molecule has 0 spiro atoms. The first kappa shape index (κ1) is 25.5. The largest absolute Gasteiger partial charge is 0.378 e. The van der Waals surface area contributed by atoms with Crippen LogP contribution in [0.3, 0.4) is 0 Å². The van der Waals surface area contributed by atoms with Gasteiger partial charge in [0.1, 0.15) is 5.00 Å². The average Bonchev–Trinajstić information content (AvgIpc) is 3.33. The van der Waals surface area contributed by atoms with Gasteiger partial charge in [0.2, 0.25) is 5.95 Å². The number of aromatic nitrogens is 4. The standard InChI is InChI=1S/C23H22N8O5S2/c24-23-25-12-15(13-26-23)21-27-17-11-19(37-20(17)22(28-21)31-7-9-36-10-8-31)30-38(34,35)16-4-1-14(2-5-16)3-6-18(32)29-33/h1-6,11-13,30,33H,7-10H2,(H,29,32)(H2,24,25,26)/b6-3+. The van der Waals surface area contributed by atoms with E-state index in [1.54, 1.807) is 18.2 Å². The van der Waals surface area contributed by atoms with Crippen LogP contribution < -0.4 is 20.8 Å². The number of thiophene rings is 1. The zero-order valence-corrected chi connectivity index (χ0v) is 21.4. The summed E-state index contributed by atoms with van der Waals surface area (Å²) in [6.07, 6.45) is 5.64. The van der Waals surface area contributed by atoms with E-state index < -0.39 is 15.9 Å². The fourth-order valence-corrected chi connectivity index (χ4v) is 5.99. The third kappa shape index (κ3) is 5.55. The van der Waals surface area contributed by atoms with E-state index in [4.69, 9.17) is 20.7 Å². The molecule has 1 aromatic carbocycles. The van der Waals surface area contributed by atoms with Gasteiger partial charge in [-0.1, -0.05) is 12.1 Å². The fourth-order valence-electron chi connectivity index (χ4n) is 3.70. The summed E-state index contributed by atoms with van der Waals surface area (Å²) in [5.41, 5.74) is 8.83. The summed E-state index contributed by atoms with van der Waals surface area (Å²) in [5.74, 6) is 0.503. The minimum absolute atomic E-state index is 0.0397. The van der Waals surface area contributed by atoms with Crippen LogP contribution in [0.1, 0.15) is 5.56 Å². The smallest absolute Gasteiger partial charge is 0.267 e. The minimum Gasteiger partial charge on any atom is -0.378 e. The Kier molecular flexibility index (Phi) is 7.15. The number of anilines is 3. The molecular weight excluding hydrogens is 532 g/mol. The van der Waals surface area contributed by atoms with E-state index in [2.05, 4.69) is 24.6 Å². The number of nitrogen functional groups attached to an aromatic ring is 1. The Labute approximate surface area is 221 Å². The van der Waals surface area contributed by atoms with E-state index in [1.165, 1.54) is 47.4 Å². The number of amides is 1. The maximum Gasteiger partial charge on any atom is 0.267 e. The van der Waals surface area contributed by atoms with Gasteiger partial charge in [0, 0.05) is 31.6 Å². The summed E-state index contributed by atoms with van der Waals surface area (Å²) in [6, 6.07) is 7.59. The van der Waals surface area contributed by atoms with Crippen LogP contribution >= 0.6 is 11.3 Å². The second kappa shape index (κ2) is 10.7. The van der Waals surface area contributed by atoms with Crippen LogP contribution in [0.4, 0.5) is 16.8 Å². The van der Waals surface area contributed by atoms with Crippen LogP contribution in [0.25, 0.3) is 27.7 Å². The highest BCUT2D eigenvalue weighted by atomic mass is 32.2. The van der Waals surface area contributed by atoms with Gasteiger partial charge in [-0.15, -0.1) is 11.3 Å². The molecule has 3 aromatic heterocycles. The first-order valence-electron chi connectivity index (χ1n) is 11.3. The third-order valence-electron chi connectivity index (χ3n) is 5.56. The number of hydrogen-bond acceptors (Lipinski definition) is 12. The van der Waals surface area contributed by atoms with Crippen LogP contribution in [0.5, 0.6) is 0 Å². The van der Waals surface area contributed by atoms with Crippen molar-refractivity contribution in [2.75, 3.05) is 41.7 Å². The zero-order valence-electron chi connectivity index (χ0n) is 19.7. The molecule has 0 radical (unpaired) electrons. The number of sulfonamides is 1. The number of hydroxylamine groups is 1. The van der Waals surface area contributed by atoms with Gasteiger partial charge < -0.3 is 15.4 Å². The molecule has 0 bridgehead atoms. The maximum atomic E-state index is 13.1. The molecule has 15 heteroatoms. The third-order valence-corrected chi connectivity index (χ3v) is 8.10. The molecule has 1 aliphatic heterocycles. The Balaban J connectivity index is 1.47. The quantitative estimate of drug-likeness (QED) is 0.148. The lowest BCUT2D eigenvalue weighted by Gasteiger charge is -2.28. The molecule has 38 heavy (non-hydrogen) atoms. The maximum absolute atomic E-state index is 13.1. The summed E-state index contributed by atoms with van der Waals surface area (Å²) in [4.78, 5) is 30.7. The molecule has 0 unspecified atom stereocenters. The molecule has 1 amide bonds. The summed E-state index contributed by atoms with van der Waals surface area (Å²) >= 11 is 1.23. The summed E-state index contributed by atoms with van der Waals surface area (Å²) in [5, 5.41) is 8.94. The van der Waals surface area contributed by atoms with E-state index in [-0.39, 0.29) is 10.8 Å². The van der Waals surface area contributed by atoms with Crippen LogP contribution in [-0.4, -0.2) is 65.8 Å². The van der Waals surface area contributed by atoms with Gasteiger partial charge >= 0.3 is 0 Å². The highest BCUT2D eigenvalue weighted by Crippen LogP contribution is 2.37. The van der Waals surface area contributed by atoms with Crippen molar-refractivity contribution in [1.82, 2.24) is 25.4 Å². The van der Waals surface area contributed by atoms with Crippen molar-refractivity contribution in [1.29, 1.82) is 0 Å². The number of nitrogens with one attached hydrogen (secondary N) is 2. The predicted molar refractivity (Wildman–Crippen MR) is 142 cm³/mol. The molecule has 4 aromatic rings. The van der Waals surface area contributed by atoms with Crippen molar-refractivity contribution in [2.45, 2.75) is 4.90 Å². The first-order valence-corrected chi connectivity index (χ1v) is 13.6. The number of benzene rings is 1.